The fourth-order valence-corrected chi connectivity index (χ4v) is 4.86. The molecule has 0 fully saturated rings. The lowest BCUT2D eigenvalue weighted by atomic mass is 10.0. The largest absolute Gasteiger partial charge is 0.494 e. The molecule has 1 aliphatic heterocycles. The summed E-state index contributed by atoms with van der Waals surface area (Å²) >= 11 is 0. The highest BCUT2D eigenvalue weighted by Gasteiger charge is 2.30. The molecule has 0 bridgehead atoms. The molecular weight excluding hydrogens is 484 g/mol. The SMILES string of the molecule is CCOc1ccc2[nH]c(=O)c(CN(Cc3ccc4c(c3)OCO4)[C@@H](CC)c3nnnn3C(C)(C)C)cc2c1. The van der Waals surface area contributed by atoms with Crippen molar-refractivity contribution in [1.29, 1.82) is 0 Å². The minimum Gasteiger partial charge on any atom is -0.494 e. The Balaban J connectivity index is 1.55. The van der Waals surface area contributed by atoms with Crippen LogP contribution in [0.2, 0.25) is 0 Å². The Bertz CT molecular complexity index is 1490. The summed E-state index contributed by atoms with van der Waals surface area (Å²) in [7, 11) is 0. The number of aromatic nitrogens is 5. The Labute approximate surface area is 221 Å². The van der Waals surface area contributed by atoms with E-state index < -0.39 is 0 Å². The van der Waals surface area contributed by atoms with Crippen molar-refractivity contribution in [3.63, 3.8) is 0 Å². The molecule has 3 heterocycles. The van der Waals surface area contributed by atoms with Crippen molar-refractivity contribution in [2.24, 2.45) is 0 Å². The lowest BCUT2D eigenvalue weighted by molar-refractivity contribution is 0.153. The van der Waals surface area contributed by atoms with Gasteiger partial charge in [0.15, 0.2) is 17.3 Å². The van der Waals surface area contributed by atoms with E-state index in [1.165, 1.54) is 0 Å². The van der Waals surface area contributed by atoms with E-state index in [4.69, 9.17) is 14.2 Å². The third-order valence-corrected chi connectivity index (χ3v) is 6.65. The molecule has 2 aromatic carbocycles. The molecule has 0 saturated heterocycles. The van der Waals surface area contributed by atoms with Crippen LogP contribution in [0.3, 0.4) is 0 Å². The van der Waals surface area contributed by atoms with E-state index in [1.807, 2.05) is 54.1 Å². The van der Waals surface area contributed by atoms with Gasteiger partial charge in [0.1, 0.15) is 5.75 Å². The van der Waals surface area contributed by atoms with Crippen LogP contribution in [-0.2, 0) is 18.6 Å². The molecule has 0 aliphatic carbocycles. The van der Waals surface area contributed by atoms with Crippen LogP contribution in [0.5, 0.6) is 17.2 Å². The molecule has 5 rings (SSSR count). The highest BCUT2D eigenvalue weighted by atomic mass is 16.7. The predicted octanol–water partition coefficient (Wildman–Crippen LogP) is 4.55. The maximum Gasteiger partial charge on any atom is 0.252 e. The molecule has 0 unspecified atom stereocenters. The maximum atomic E-state index is 13.2. The summed E-state index contributed by atoms with van der Waals surface area (Å²) in [6.07, 6.45) is 0.751. The summed E-state index contributed by atoms with van der Waals surface area (Å²) in [5.41, 5.74) is 2.04. The first-order valence-electron chi connectivity index (χ1n) is 13.0. The van der Waals surface area contributed by atoms with E-state index in [-0.39, 0.29) is 23.9 Å². The van der Waals surface area contributed by atoms with Crippen molar-refractivity contribution >= 4 is 10.9 Å². The van der Waals surface area contributed by atoms with E-state index in [2.05, 4.69) is 53.1 Å². The first kappa shape index (κ1) is 25.7. The molecule has 0 spiro atoms. The number of hydrogen-bond acceptors (Lipinski definition) is 8. The summed E-state index contributed by atoms with van der Waals surface area (Å²) in [5.74, 6) is 2.99. The molecule has 1 aliphatic rings. The third kappa shape index (κ3) is 5.22. The molecule has 0 radical (unpaired) electrons. The van der Waals surface area contributed by atoms with E-state index in [1.54, 1.807) is 0 Å². The number of nitrogens with one attached hydrogen (secondary N) is 1. The summed E-state index contributed by atoms with van der Waals surface area (Å²) in [4.78, 5) is 18.5. The fourth-order valence-electron chi connectivity index (χ4n) is 4.86. The molecule has 4 aromatic rings. The third-order valence-electron chi connectivity index (χ3n) is 6.65. The van der Waals surface area contributed by atoms with E-state index >= 15 is 0 Å². The monoisotopic (exact) mass is 518 g/mol. The first-order chi connectivity index (χ1) is 18.3. The molecule has 0 saturated carbocycles. The second kappa shape index (κ2) is 10.4. The topological polar surface area (TPSA) is 107 Å². The van der Waals surface area contributed by atoms with Gasteiger partial charge < -0.3 is 19.2 Å². The smallest absolute Gasteiger partial charge is 0.252 e. The van der Waals surface area contributed by atoms with Gasteiger partial charge in [0, 0.05) is 29.6 Å². The van der Waals surface area contributed by atoms with Crippen LogP contribution in [0.4, 0.5) is 0 Å². The number of aromatic amines is 1. The Morgan fingerprint density at radius 1 is 1.08 bits per heavy atom. The van der Waals surface area contributed by atoms with Crippen molar-refractivity contribution in [1.82, 2.24) is 30.1 Å². The van der Waals surface area contributed by atoms with Crippen molar-refractivity contribution in [3.05, 3.63) is 69.8 Å². The fraction of sp³-hybridized carbons (Fsp3) is 0.429. The summed E-state index contributed by atoms with van der Waals surface area (Å²) in [6, 6.07) is 13.5. The van der Waals surface area contributed by atoms with E-state index in [9.17, 15) is 4.79 Å². The molecule has 2 aromatic heterocycles. The highest BCUT2D eigenvalue weighted by Crippen LogP contribution is 2.35. The van der Waals surface area contributed by atoms with Crippen LogP contribution in [0, 0.1) is 0 Å². The van der Waals surface area contributed by atoms with Gasteiger partial charge >= 0.3 is 0 Å². The number of rotatable bonds is 9. The number of fused-ring (bicyclic) bond motifs is 2. The maximum absolute atomic E-state index is 13.2. The number of ether oxygens (including phenoxy) is 3. The van der Waals surface area contributed by atoms with Gasteiger partial charge in [0.2, 0.25) is 6.79 Å². The Morgan fingerprint density at radius 2 is 1.89 bits per heavy atom. The molecule has 200 valence electrons. The highest BCUT2D eigenvalue weighted by molar-refractivity contribution is 5.80. The molecule has 38 heavy (non-hydrogen) atoms. The van der Waals surface area contributed by atoms with Crippen LogP contribution in [0.25, 0.3) is 10.9 Å². The molecule has 0 amide bonds. The van der Waals surface area contributed by atoms with Gasteiger partial charge in [-0.15, -0.1) is 5.10 Å². The molecular formula is C28H34N6O4. The van der Waals surface area contributed by atoms with Gasteiger partial charge in [-0.3, -0.25) is 9.69 Å². The van der Waals surface area contributed by atoms with Crippen molar-refractivity contribution in [2.45, 2.75) is 65.7 Å². The van der Waals surface area contributed by atoms with E-state index in [0.717, 1.165) is 46.0 Å². The Hall–Kier alpha value is -3.92. The minimum atomic E-state index is -0.299. The number of pyridine rings is 1. The number of benzene rings is 2. The predicted molar refractivity (Wildman–Crippen MR) is 143 cm³/mol. The summed E-state index contributed by atoms with van der Waals surface area (Å²) in [5, 5.41) is 13.7. The second-order valence-corrected chi connectivity index (χ2v) is 10.4. The van der Waals surface area contributed by atoms with Gasteiger partial charge in [-0.2, -0.15) is 0 Å². The zero-order chi connectivity index (χ0) is 26.9. The Morgan fingerprint density at radius 3 is 2.66 bits per heavy atom. The normalized spacial score (nSPS) is 13.8. The van der Waals surface area contributed by atoms with Crippen molar-refractivity contribution in [3.8, 4) is 17.2 Å². The average molecular weight is 519 g/mol. The van der Waals surface area contributed by atoms with E-state index in [0.29, 0.717) is 25.3 Å². The quantitative estimate of drug-likeness (QED) is 0.344. The zero-order valence-electron chi connectivity index (χ0n) is 22.5. The first-order valence-corrected chi connectivity index (χ1v) is 13.0. The van der Waals surface area contributed by atoms with Gasteiger partial charge in [-0.25, -0.2) is 4.68 Å². The van der Waals surface area contributed by atoms with Crippen molar-refractivity contribution in [2.75, 3.05) is 13.4 Å². The minimum absolute atomic E-state index is 0.123. The van der Waals surface area contributed by atoms with Crippen LogP contribution in [0.1, 0.15) is 64.0 Å². The zero-order valence-corrected chi connectivity index (χ0v) is 22.5. The van der Waals surface area contributed by atoms with Gasteiger partial charge in [0.25, 0.3) is 5.56 Å². The molecule has 1 N–H and O–H groups in total. The van der Waals surface area contributed by atoms with Crippen LogP contribution in [0.15, 0.2) is 47.3 Å². The van der Waals surface area contributed by atoms with Gasteiger partial charge in [-0.05, 0) is 86.5 Å². The number of nitrogens with zero attached hydrogens (tertiary/aromatic N) is 5. The van der Waals surface area contributed by atoms with Crippen LogP contribution >= 0.6 is 0 Å². The average Bonchev–Trinajstić information content (AvgIpc) is 3.55. The van der Waals surface area contributed by atoms with Crippen LogP contribution < -0.4 is 19.8 Å². The van der Waals surface area contributed by atoms with Crippen LogP contribution in [-0.4, -0.2) is 43.5 Å². The van der Waals surface area contributed by atoms with Crippen molar-refractivity contribution < 1.29 is 14.2 Å². The molecule has 10 nitrogen and oxygen atoms in total. The molecule has 10 heteroatoms. The van der Waals surface area contributed by atoms with Gasteiger partial charge in [0.05, 0.1) is 18.2 Å². The lowest BCUT2D eigenvalue weighted by Gasteiger charge is -2.32. The number of tetrazole rings is 1. The second-order valence-electron chi connectivity index (χ2n) is 10.4. The van der Waals surface area contributed by atoms with Gasteiger partial charge in [-0.1, -0.05) is 13.0 Å². The number of hydrogen-bond donors (Lipinski definition) is 1. The molecule has 1 atom stereocenters. The summed E-state index contributed by atoms with van der Waals surface area (Å²) < 4.78 is 18.7. The standard InChI is InChI=1S/C28H34N6O4/c1-6-23(26-30-31-32-34(26)28(3,4)5)33(15-18-8-11-24-25(12-18)38-17-37-24)16-20-13-19-14-21(36-7-2)9-10-22(19)29-27(20)35/h8-14,23H,6-7,15-17H2,1-5H3,(H,29,35)/t23-/m0/s1. The number of H-pyrrole nitrogens is 1. The Kier molecular flexibility index (Phi) is 7.07. The summed E-state index contributed by atoms with van der Waals surface area (Å²) in [6.45, 7) is 12.0. The lowest BCUT2D eigenvalue weighted by Crippen LogP contribution is -2.35.